The minimum absolute atomic E-state index is 0.0364. The summed E-state index contributed by atoms with van der Waals surface area (Å²) in [5, 5.41) is 2.98. The van der Waals surface area contributed by atoms with Crippen LogP contribution in [0.25, 0.3) is 0 Å². The lowest BCUT2D eigenvalue weighted by Gasteiger charge is -2.33. The number of piperidine rings is 1. The van der Waals surface area contributed by atoms with E-state index >= 15 is 0 Å². The van der Waals surface area contributed by atoms with Crippen molar-refractivity contribution < 1.29 is 9.53 Å². The molecule has 1 heterocycles. The monoisotopic (exact) mass is 346 g/mol. The molecule has 4 nitrogen and oxygen atoms in total. The van der Waals surface area contributed by atoms with E-state index in [0.29, 0.717) is 12.0 Å². The van der Waals surface area contributed by atoms with Crippen LogP contribution in [0.1, 0.15) is 64.4 Å². The Kier molecular flexibility index (Phi) is 8.26. The molecule has 0 aliphatic carbocycles. The highest BCUT2D eigenvalue weighted by Crippen LogP contribution is 2.28. The molecular formula is C21H34N2O2. The minimum atomic E-state index is -0.0364. The maximum absolute atomic E-state index is 12.0. The van der Waals surface area contributed by atoms with Gasteiger partial charge in [0.1, 0.15) is 5.75 Å². The fraction of sp³-hybridized carbons (Fsp3) is 0.667. The van der Waals surface area contributed by atoms with Gasteiger partial charge >= 0.3 is 0 Å². The Hall–Kier alpha value is -1.55. The molecule has 2 atom stereocenters. The summed E-state index contributed by atoms with van der Waals surface area (Å²) in [4.78, 5) is 14.6. The van der Waals surface area contributed by atoms with Crippen molar-refractivity contribution in [3.8, 4) is 5.75 Å². The molecule has 1 aliphatic heterocycles. The molecule has 2 unspecified atom stereocenters. The summed E-state index contributed by atoms with van der Waals surface area (Å²) >= 11 is 0. The van der Waals surface area contributed by atoms with Gasteiger partial charge in [-0.3, -0.25) is 4.79 Å². The second-order valence-electron chi connectivity index (χ2n) is 7.22. The first kappa shape index (κ1) is 19.8. The average molecular weight is 347 g/mol. The van der Waals surface area contributed by atoms with Crippen LogP contribution >= 0.6 is 0 Å². The molecule has 2 rings (SSSR count). The van der Waals surface area contributed by atoms with E-state index < -0.39 is 0 Å². The van der Waals surface area contributed by atoms with Crippen molar-refractivity contribution in [1.29, 1.82) is 0 Å². The van der Waals surface area contributed by atoms with Gasteiger partial charge in [-0.15, -0.1) is 0 Å². The summed E-state index contributed by atoms with van der Waals surface area (Å²) in [7, 11) is 0. The molecule has 1 aromatic carbocycles. The highest BCUT2D eigenvalue weighted by atomic mass is 16.5. The number of amides is 1. The van der Waals surface area contributed by atoms with Crippen LogP contribution in [-0.2, 0) is 4.79 Å². The van der Waals surface area contributed by atoms with Gasteiger partial charge in [-0.1, -0.05) is 38.5 Å². The maximum atomic E-state index is 12.0. The van der Waals surface area contributed by atoms with Crippen molar-refractivity contribution in [2.45, 2.75) is 64.8 Å². The summed E-state index contributed by atoms with van der Waals surface area (Å²) in [6.45, 7) is 9.73. The highest BCUT2D eigenvalue weighted by Gasteiger charge is 2.17. The topological polar surface area (TPSA) is 41.6 Å². The Morgan fingerprint density at radius 2 is 2.16 bits per heavy atom. The number of nitrogens with zero attached hydrogens (tertiary/aromatic N) is 1. The molecule has 1 saturated heterocycles. The molecule has 1 aromatic rings. The van der Waals surface area contributed by atoms with Crippen LogP contribution in [0.15, 0.2) is 24.3 Å². The highest BCUT2D eigenvalue weighted by molar-refractivity contribution is 5.77. The lowest BCUT2D eigenvalue weighted by atomic mass is 9.98. The quantitative estimate of drug-likeness (QED) is 0.688. The molecule has 0 saturated carbocycles. The molecule has 0 aromatic heterocycles. The van der Waals surface area contributed by atoms with Crippen LogP contribution in [0.3, 0.4) is 0 Å². The van der Waals surface area contributed by atoms with E-state index in [0.717, 1.165) is 31.7 Å². The lowest BCUT2D eigenvalue weighted by molar-refractivity contribution is -0.123. The normalized spacial score (nSPS) is 19.4. The predicted molar refractivity (Wildman–Crippen MR) is 103 cm³/mol. The van der Waals surface area contributed by atoms with Crippen molar-refractivity contribution in [1.82, 2.24) is 10.2 Å². The number of carbonyl (C=O) groups excluding carboxylic acids is 1. The van der Waals surface area contributed by atoms with Crippen LogP contribution in [0.5, 0.6) is 5.75 Å². The average Bonchev–Trinajstić information content (AvgIpc) is 2.64. The fourth-order valence-corrected chi connectivity index (χ4v) is 3.43. The van der Waals surface area contributed by atoms with E-state index in [1.807, 2.05) is 18.2 Å². The fourth-order valence-electron chi connectivity index (χ4n) is 3.43. The standard InChI is InChI=1S/C21H34N2O2/c1-4-17(2)19-11-5-6-12-20(19)25-16-21(24)22-13-9-15-23-14-8-7-10-18(23)3/h5-6,11-12,17-18H,4,7-10,13-16H2,1-3H3,(H,22,24). The number of ether oxygens (including phenoxy) is 1. The second-order valence-corrected chi connectivity index (χ2v) is 7.22. The number of benzene rings is 1. The third-order valence-electron chi connectivity index (χ3n) is 5.31. The number of hydrogen-bond acceptors (Lipinski definition) is 3. The Labute approximate surface area is 152 Å². The lowest BCUT2D eigenvalue weighted by Crippen LogP contribution is -2.39. The minimum Gasteiger partial charge on any atom is -0.483 e. The van der Waals surface area contributed by atoms with Gasteiger partial charge in [0.25, 0.3) is 5.91 Å². The Morgan fingerprint density at radius 3 is 2.92 bits per heavy atom. The first-order valence-corrected chi connectivity index (χ1v) is 9.84. The van der Waals surface area contributed by atoms with E-state index in [1.165, 1.54) is 31.4 Å². The van der Waals surface area contributed by atoms with Gasteiger partial charge in [0.2, 0.25) is 0 Å². The Balaban J connectivity index is 1.67. The Bertz CT molecular complexity index is 532. The van der Waals surface area contributed by atoms with E-state index in [4.69, 9.17) is 4.74 Å². The number of carbonyl (C=O) groups is 1. The van der Waals surface area contributed by atoms with Crippen molar-refractivity contribution in [2.75, 3.05) is 26.2 Å². The molecular weight excluding hydrogens is 312 g/mol. The van der Waals surface area contributed by atoms with Gasteiger partial charge in [-0.2, -0.15) is 0 Å². The first-order chi connectivity index (χ1) is 12.1. The van der Waals surface area contributed by atoms with E-state index in [1.54, 1.807) is 0 Å². The van der Waals surface area contributed by atoms with Crippen LogP contribution < -0.4 is 10.1 Å². The van der Waals surface area contributed by atoms with Crippen molar-refractivity contribution >= 4 is 5.91 Å². The molecule has 4 heteroatoms. The Morgan fingerprint density at radius 1 is 1.36 bits per heavy atom. The van der Waals surface area contributed by atoms with Gasteiger partial charge in [0.15, 0.2) is 6.61 Å². The van der Waals surface area contributed by atoms with Gasteiger partial charge in [0.05, 0.1) is 0 Å². The third-order valence-corrected chi connectivity index (χ3v) is 5.31. The second kappa shape index (κ2) is 10.4. The molecule has 1 fully saturated rings. The van der Waals surface area contributed by atoms with Crippen LogP contribution in [0.2, 0.25) is 0 Å². The molecule has 1 aliphatic rings. The van der Waals surface area contributed by atoms with Crippen LogP contribution in [0, 0.1) is 0 Å². The van der Waals surface area contributed by atoms with Crippen molar-refractivity contribution in [2.24, 2.45) is 0 Å². The molecule has 0 bridgehead atoms. The summed E-state index contributed by atoms with van der Waals surface area (Å²) in [6.07, 6.45) is 6.01. The number of likely N-dealkylation sites (tertiary alicyclic amines) is 1. The zero-order valence-corrected chi connectivity index (χ0v) is 16.1. The van der Waals surface area contributed by atoms with E-state index in [9.17, 15) is 4.79 Å². The number of rotatable bonds is 9. The van der Waals surface area contributed by atoms with E-state index in [2.05, 4.69) is 37.1 Å². The molecule has 25 heavy (non-hydrogen) atoms. The smallest absolute Gasteiger partial charge is 0.257 e. The van der Waals surface area contributed by atoms with Gasteiger partial charge in [-0.25, -0.2) is 0 Å². The maximum Gasteiger partial charge on any atom is 0.257 e. The molecule has 1 N–H and O–H groups in total. The third kappa shape index (κ3) is 6.35. The SMILES string of the molecule is CCC(C)c1ccccc1OCC(=O)NCCCN1CCCCC1C. The number of para-hydroxylation sites is 1. The largest absolute Gasteiger partial charge is 0.483 e. The summed E-state index contributed by atoms with van der Waals surface area (Å²) in [5.74, 6) is 1.23. The molecule has 0 radical (unpaired) electrons. The summed E-state index contributed by atoms with van der Waals surface area (Å²) in [6, 6.07) is 8.70. The van der Waals surface area contributed by atoms with Gasteiger partial charge < -0.3 is 15.0 Å². The predicted octanol–water partition coefficient (Wildman–Crippen LogP) is 3.96. The summed E-state index contributed by atoms with van der Waals surface area (Å²) < 4.78 is 5.76. The number of hydrogen-bond donors (Lipinski definition) is 1. The van der Waals surface area contributed by atoms with E-state index in [-0.39, 0.29) is 12.5 Å². The zero-order chi connectivity index (χ0) is 18.1. The summed E-state index contributed by atoms with van der Waals surface area (Å²) in [5.41, 5.74) is 1.18. The molecule has 140 valence electrons. The van der Waals surface area contributed by atoms with Gasteiger partial charge in [0, 0.05) is 19.1 Å². The molecule has 0 spiro atoms. The van der Waals surface area contributed by atoms with Crippen LogP contribution in [-0.4, -0.2) is 43.1 Å². The van der Waals surface area contributed by atoms with Crippen molar-refractivity contribution in [3.63, 3.8) is 0 Å². The zero-order valence-electron chi connectivity index (χ0n) is 16.1. The van der Waals surface area contributed by atoms with Gasteiger partial charge in [-0.05, 0) is 56.7 Å². The molecule has 1 amide bonds. The van der Waals surface area contributed by atoms with Crippen LogP contribution in [0.4, 0.5) is 0 Å². The van der Waals surface area contributed by atoms with Crippen molar-refractivity contribution in [3.05, 3.63) is 29.8 Å². The first-order valence-electron chi connectivity index (χ1n) is 9.84. The number of nitrogens with one attached hydrogen (secondary N) is 1.